The second kappa shape index (κ2) is 13.8. The number of benzene rings is 2. The van der Waals surface area contributed by atoms with Crippen LogP contribution in [0.15, 0.2) is 30.3 Å². The maximum Gasteiger partial charge on any atom is 0.161 e. The normalized spacial score (nSPS) is 14.5. The van der Waals surface area contributed by atoms with Crippen LogP contribution in [-0.4, -0.2) is 66.2 Å². The van der Waals surface area contributed by atoms with Crippen LogP contribution in [0.3, 0.4) is 0 Å². The lowest BCUT2D eigenvalue weighted by atomic mass is 9.88. The average Bonchev–Trinajstić information content (AvgIpc) is 3.05. The highest BCUT2D eigenvalue weighted by Gasteiger charge is 2.32. The molecule has 0 unspecified atom stereocenters. The van der Waals surface area contributed by atoms with Crippen molar-refractivity contribution in [2.24, 2.45) is 0 Å². The first-order valence-electron chi connectivity index (χ1n) is 12.2. The fourth-order valence-corrected chi connectivity index (χ4v) is 4.97. The van der Waals surface area contributed by atoms with Crippen LogP contribution in [0.2, 0.25) is 0 Å². The van der Waals surface area contributed by atoms with Crippen LogP contribution in [0.4, 0.5) is 0 Å². The molecule has 7 heteroatoms. The summed E-state index contributed by atoms with van der Waals surface area (Å²) in [4.78, 5) is 2.40. The molecule has 1 aliphatic rings. The number of aryl methyl sites for hydroxylation is 2. The van der Waals surface area contributed by atoms with Gasteiger partial charge in [0.15, 0.2) is 23.0 Å². The third-order valence-corrected chi connectivity index (χ3v) is 7.24. The number of ether oxygens (including phenoxy) is 5. The van der Waals surface area contributed by atoms with Gasteiger partial charge in [0.05, 0.1) is 34.0 Å². The summed E-state index contributed by atoms with van der Waals surface area (Å²) >= 11 is 0. The lowest BCUT2D eigenvalue weighted by Crippen LogP contribution is -2.33. The molecule has 0 heterocycles. The van der Waals surface area contributed by atoms with Gasteiger partial charge in [0.25, 0.3) is 0 Å². The predicted octanol–water partition coefficient (Wildman–Crippen LogP) is 5.36. The highest BCUT2D eigenvalue weighted by Crippen LogP contribution is 2.38. The zero-order valence-corrected chi connectivity index (χ0v) is 23.0. The molecule has 0 saturated carbocycles. The van der Waals surface area contributed by atoms with Crippen molar-refractivity contribution in [2.75, 3.05) is 55.7 Å². The third kappa shape index (κ3) is 7.42. The highest BCUT2D eigenvalue weighted by atomic mass is 35.5. The molecule has 0 fully saturated rings. The zero-order valence-electron chi connectivity index (χ0n) is 22.1. The quantitative estimate of drug-likeness (QED) is 0.360. The fourth-order valence-electron chi connectivity index (χ4n) is 4.97. The molecule has 1 aliphatic carbocycles. The molecule has 0 saturated heterocycles. The minimum Gasteiger partial charge on any atom is -0.493 e. The molecular weight excluding hydrogens is 466 g/mol. The van der Waals surface area contributed by atoms with E-state index in [1.54, 1.807) is 28.4 Å². The Morgan fingerprint density at radius 2 is 1.29 bits per heavy atom. The van der Waals surface area contributed by atoms with Crippen molar-refractivity contribution in [3.05, 3.63) is 47.0 Å². The second-order valence-electron chi connectivity index (χ2n) is 9.21. The van der Waals surface area contributed by atoms with Crippen LogP contribution in [0.1, 0.15) is 42.4 Å². The van der Waals surface area contributed by atoms with Crippen molar-refractivity contribution in [3.8, 4) is 23.0 Å². The maximum atomic E-state index is 6.15. The van der Waals surface area contributed by atoms with Crippen molar-refractivity contribution >= 4 is 12.4 Å². The van der Waals surface area contributed by atoms with E-state index in [1.807, 2.05) is 13.2 Å². The van der Waals surface area contributed by atoms with Crippen molar-refractivity contribution in [1.29, 1.82) is 0 Å². The summed E-state index contributed by atoms with van der Waals surface area (Å²) in [5, 5.41) is 0. The van der Waals surface area contributed by atoms with Gasteiger partial charge in [0, 0.05) is 13.7 Å². The van der Waals surface area contributed by atoms with Crippen molar-refractivity contribution in [2.45, 2.75) is 50.5 Å². The molecule has 2 aromatic carbocycles. The minimum atomic E-state index is -0.0797. The van der Waals surface area contributed by atoms with Gasteiger partial charge >= 0.3 is 0 Å². The van der Waals surface area contributed by atoms with Gasteiger partial charge < -0.3 is 28.6 Å². The van der Waals surface area contributed by atoms with Crippen LogP contribution >= 0.6 is 12.4 Å². The fraction of sp³-hybridized carbons (Fsp3) is 0.571. The molecule has 6 nitrogen and oxygen atoms in total. The molecule has 0 aliphatic heterocycles. The monoisotopic (exact) mass is 507 g/mol. The van der Waals surface area contributed by atoms with E-state index in [1.165, 1.54) is 16.7 Å². The Morgan fingerprint density at radius 3 is 1.80 bits per heavy atom. The molecular formula is C28H42ClNO5. The molecule has 35 heavy (non-hydrogen) atoms. The Bertz CT molecular complexity index is 901. The summed E-state index contributed by atoms with van der Waals surface area (Å²) in [5.41, 5.74) is 3.88. The number of hydrogen-bond acceptors (Lipinski definition) is 6. The van der Waals surface area contributed by atoms with Crippen molar-refractivity contribution in [1.82, 2.24) is 4.90 Å². The minimum absolute atomic E-state index is 0. The number of fused-ring (bicyclic) bond motifs is 1. The molecule has 2 aromatic rings. The van der Waals surface area contributed by atoms with Gasteiger partial charge in [-0.3, -0.25) is 0 Å². The van der Waals surface area contributed by atoms with Crippen LogP contribution in [0, 0.1) is 0 Å². The smallest absolute Gasteiger partial charge is 0.161 e. The summed E-state index contributed by atoms with van der Waals surface area (Å²) in [7, 11) is 10.8. The molecule has 0 atom stereocenters. The van der Waals surface area contributed by atoms with Crippen molar-refractivity contribution < 1.29 is 23.7 Å². The van der Waals surface area contributed by atoms with Gasteiger partial charge in [0.1, 0.15) is 0 Å². The number of hydrogen-bond donors (Lipinski definition) is 0. The van der Waals surface area contributed by atoms with Gasteiger partial charge in [-0.1, -0.05) is 6.07 Å². The van der Waals surface area contributed by atoms with Crippen LogP contribution in [0.25, 0.3) is 0 Å². The van der Waals surface area contributed by atoms with Gasteiger partial charge in [-0.15, -0.1) is 12.4 Å². The second-order valence-corrected chi connectivity index (χ2v) is 9.21. The highest BCUT2D eigenvalue weighted by molar-refractivity contribution is 5.85. The van der Waals surface area contributed by atoms with E-state index < -0.39 is 0 Å². The standard InChI is InChI=1S/C28H41NO5.ClH/c1-29(17-12-21-8-9-24(30-2)25(18-21)31-3)16-7-13-28(34-6)14-10-22-19-26(32-4)27(33-5)20-23(22)11-15-28;/h8-9,18-20H,7,10-17H2,1-6H3;1H. The van der Waals surface area contributed by atoms with Crippen LogP contribution in [-0.2, 0) is 24.0 Å². The first-order valence-corrected chi connectivity index (χ1v) is 12.2. The Balaban J connectivity index is 0.00000432. The number of rotatable bonds is 12. The Morgan fingerprint density at radius 1 is 0.743 bits per heavy atom. The molecule has 0 aromatic heterocycles. The Hall–Kier alpha value is -2.15. The lowest BCUT2D eigenvalue weighted by molar-refractivity contribution is -0.0314. The third-order valence-electron chi connectivity index (χ3n) is 7.24. The average molecular weight is 508 g/mol. The van der Waals surface area contributed by atoms with E-state index in [0.29, 0.717) is 0 Å². The van der Waals surface area contributed by atoms with Crippen LogP contribution < -0.4 is 18.9 Å². The number of halogens is 1. The first-order chi connectivity index (χ1) is 16.5. The van der Waals surface area contributed by atoms with E-state index in [9.17, 15) is 0 Å². The summed E-state index contributed by atoms with van der Waals surface area (Å²) < 4.78 is 28.0. The van der Waals surface area contributed by atoms with Gasteiger partial charge in [-0.05, 0) is 99.5 Å². The summed E-state index contributed by atoms with van der Waals surface area (Å²) in [5.74, 6) is 3.17. The summed E-state index contributed by atoms with van der Waals surface area (Å²) in [6, 6.07) is 10.4. The lowest BCUT2D eigenvalue weighted by Gasteiger charge is -2.32. The summed E-state index contributed by atoms with van der Waals surface area (Å²) in [6.07, 6.45) is 7.21. The SMILES string of the molecule is COc1ccc(CCN(C)CCCC2(OC)CCc3cc(OC)c(OC)cc3CC2)cc1OC.Cl. The van der Waals surface area contributed by atoms with Gasteiger partial charge in [0.2, 0.25) is 0 Å². The predicted molar refractivity (Wildman–Crippen MR) is 143 cm³/mol. The molecule has 3 rings (SSSR count). The molecule has 0 radical (unpaired) electrons. The molecule has 0 amide bonds. The molecule has 196 valence electrons. The first kappa shape index (κ1) is 29.1. The molecule has 0 N–H and O–H groups in total. The zero-order chi connectivity index (χ0) is 24.6. The van der Waals surface area contributed by atoms with Gasteiger partial charge in [-0.2, -0.15) is 0 Å². The molecule has 0 bridgehead atoms. The van der Waals surface area contributed by atoms with E-state index in [0.717, 1.165) is 81.0 Å². The van der Waals surface area contributed by atoms with E-state index in [4.69, 9.17) is 23.7 Å². The Kier molecular flexibility index (Phi) is 11.5. The van der Waals surface area contributed by atoms with E-state index in [2.05, 4.69) is 36.2 Å². The summed E-state index contributed by atoms with van der Waals surface area (Å²) in [6.45, 7) is 2.05. The molecule has 0 spiro atoms. The van der Waals surface area contributed by atoms with Crippen LogP contribution in [0.5, 0.6) is 23.0 Å². The van der Waals surface area contributed by atoms with Crippen molar-refractivity contribution in [3.63, 3.8) is 0 Å². The number of likely N-dealkylation sites (N-methyl/N-ethyl adjacent to an activating group) is 1. The maximum absolute atomic E-state index is 6.15. The van der Waals surface area contributed by atoms with E-state index >= 15 is 0 Å². The van der Waals surface area contributed by atoms with E-state index in [-0.39, 0.29) is 18.0 Å². The largest absolute Gasteiger partial charge is 0.493 e. The Labute approximate surface area is 217 Å². The number of methoxy groups -OCH3 is 5. The van der Waals surface area contributed by atoms with Gasteiger partial charge in [-0.25, -0.2) is 0 Å². The topological polar surface area (TPSA) is 49.4 Å². The number of nitrogens with zero attached hydrogens (tertiary/aromatic N) is 1.